The van der Waals surface area contributed by atoms with Gasteiger partial charge in [0.15, 0.2) is 28.7 Å². The Hall–Kier alpha value is -4.19. The largest absolute Gasteiger partial charge is 0.382 e. The zero-order valence-electron chi connectivity index (χ0n) is 19.4. The van der Waals surface area contributed by atoms with E-state index in [9.17, 15) is 18.7 Å². The minimum Gasteiger partial charge on any atom is -0.382 e. The van der Waals surface area contributed by atoms with E-state index >= 15 is 0 Å². The molecule has 1 saturated heterocycles. The highest BCUT2D eigenvalue weighted by Gasteiger charge is 2.40. The second-order valence-corrected chi connectivity index (χ2v) is 8.77. The number of nitrogens with one attached hydrogen (secondary N) is 1. The highest BCUT2D eigenvalue weighted by Crippen LogP contribution is 2.32. The number of piperidine rings is 1. The number of imidazole rings is 1. The van der Waals surface area contributed by atoms with E-state index in [2.05, 4.69) is 25.3 Å². The van der Waals surface area contributed by atoms with Gasteiger partial charge < -0.3 is 25.6 Å². The summed E-state index contributed by atoms with van der Waals surface area (Å²) < 4.78 is 29.2. The third kappa shape index (κ3) is 4.19. The molecule has 3 aromatic heterocycles. The van der Waals surface area contributed by atoms with Crippen molar-refractivity contribution in [2.45, 2.75) is 25.0 Å². The number of amides is 1. The lowest BCUT2D eigenvalue weighted by atomic mass is 9.91. The first-order valence-corrected chi connectivity index (χ1v) is 11.3. The van der Waals surface area contributed by atoms with E-state index in [-0.39, 0.29) is 18.9 Å². The predicted octanol–water partition coefficient (Wildman–Crippen LogP) is 1.87. The quantitative estimate of drug-likeness (QED) is 0.383. The van der Waals surface area contributed by atoms with Crippen LogP contribution in [0.3, 0.4) is 0 Å². The highest BCUT2D eigenvalue weighted by molar-refractivity contribution is 5.86. The van der Waals surface area contributed by atoms with Crippen LogP contribution in [0.2, 0.25) is 0 Å². The van der Waals surface area contributed by atoms with Crippen molar-refractivity contribution in [3.63, 3.8) is 0 Å². The number of carbonyl (C=O) groups is 1. The standard InChI is InChI=1S/C24H24F2N8O2/c1-28-23(35)24(36)5-2-6-33(11-24)19-9-29-18(14-3-4-16(25)17(26)7-14)8-15(19)10-34-13-32-20-21(27)30-12-31-22(20)34/h3-4,7-9,12-13,36H,2,5-6,10-11H2,1H3,(H,28,35)(H2,27,30,31). The number of pyridine rings is 1. The zero-order chi connectivity index (χ0) is 25.4. The molecule has 1 aromatic carbocycles. The summed E-state index contributed by atoms with van der Waals surface area (Å²) in [4.78, 5) is 31.3. The van der Waals surface area contributed by atoms with Gasteiger partial charge in [0.25, 0.3) is 5.91 Å². The van der Waals surface area contributed by atoms with Gasteiger partial charge in [-0.2, -0.15) is 0 Å². The molecule has 36 heavy (non-hydrogen) atoms. The lowest BCUT2D eigenvalue weighted by Gasteiger charge is -2.39. The van der Waals surface area contributed by atoms with E-state index in [1.165, 1.54) is 19.4 Å². The third-order valence-corrected chi connectivity index (χ3v) is 6.41. The number of fused-ring (bicyclic) bond motifs is 1. The number of nitrogen functional groups attached to an aromatic ring is 1. The first kappa shape index (κ1) is 23.5. The molecular formula is C24H24F2N8O2. The van der Waals surface area contributed by atoms with Crippen molar-refractivity contribution < 1.29 is 18.7 Å². The Bertz CT molecular complexity index is 1460. The highest BCUT2D eigenvalue weighted by atomic mass is 19.2. The molecule has 10 nitrogen and oxygen atoms in total. The summed E-state index contributed by atoms with van der Waals surface area (Å²) in [5.41, 5.74) is 7.65. The van der Waals surface area contributed by atoms with Gasteiger partial charge in [-0.1, -0.05) is 0 Å². The van der Waals surface area contributed by atoms with Gasteiger partial charge in [-0.15, -0.1) is 0 Å². The summed E-state index contributed by atoms with van der Waals surface area (Å²) >= 11 is 0. The van der Waals surface area contributed by atoms with Gasteiger partial charge in [0.2, 0.25) is 0 Å². The molecule has 1 unspecified atom stereocenters. The molecule has 4 heterocycles. The van der Waals surface area contributed by atoms with Crippen LogP contribution in [0, 0.1) is 11.6 Å². The zero-order valence-corrected chi connectivity index (χ0v) is 19.4. The van der Waals surface area contributed by atoms with Crippen molar-refractivity contribution in [2.24, 2.45) is 0 Å². The minimum atomic E-state index is -1.55. The molecule has 0 bridgehead atoms. The molecular weight excluding hydrogens is 470 g/mol. The number of β-amino-alcohol motifs (C(OH)–C–C–N with tert-alkyl or cyclic N) is 1. The van der Waals surface area contributed by atoms with Gasteiger partial charge in [0.05, 0.1) is 37.0 Å². The van der Waals surface area contributed by atoms with E-state index in [1.54, 1.807) is 23.2 Å². The predicted molar refractivity (Wildman–Crippen MR) is 129 cm³/mol. The van der Waals surface area contributed by atoms with Crippen molar-refractivity contribution in [3.05, 3.63) is 60.3 Å². The first-order valence-electron chi connectivity index (χ1n) is 11.3. The summed E-state index contributed by atoms with van der Waals surface area (Å²) in [5.74, 6) is -2.12. The Balaban J connectivity index is 1.59. The summed E-state index contributed by atoms with van der Waals surface area (Å²) in [7, 11) is 1.49. The SMILES string of the molecule is CNC(=O)C1(O)CCCN(c2cnc(-c3ccc(F)c(F)c3)cc2Cn2cnc3c(N)ncnc32)C1. The number of halogens is 2. The van der Waals surface area contributed by atoms with Crippen molar-refractivity contribution in [3.8, 4) is 11.3 Å². The molecule has 1 fully saturated rings. The van der Waals surface area contributed by atoms with Crippen LogP contribution in [0.4, 0.5) is 20.3 Å². The number of aliphatic hydroxyl groups is 1. The van der Waals surface area contributed by atoms with E-state index in [4.69, 9.17) is 5.73 Å². The Kier molecular flexibility index (Phi) is 5.96. The fourth-order valence-electron chi connectivity index (χ4n) is 4.57. The minimum absolute atomic E-state index is 0.0751. The van der Waals surface area contributed by atoms with Crippen molar-refractivity contribution in [1.82, 2.24) is 29.8 Å². The lowest BCUT2D eigenvalue weighted by molar-refractivity contribution is -0.140. The van der Waals surface area contributed by atoms with Crippen LogP contribution in [0.5, 0.6) is 0 Å². The molecule has 0 saturated carbocycles. The fraction of sp³-hybridized carbons (Fsp3) is 0.292. The Morgan fingerprint density at radius 3 is 2.81 bits per heavy atom. The lowest BCUT2D eigenvalue weighted by Crippen LogP contribution is -2.56. The summed E-state index contributed by atoms with van der Waals surface area (Å²) in [6.07, 6.45) is 5.48. The molecule has 1 aliphatic rings. The molecule has 4 aromatic rings. The van der Waals surface area contributed by atoms with Crippen LogP contribution < -0.4 is 16.0 Å². The number of nitrogens with two attached hydrogens (primary N) is 1. The van der Waals surface area contributed by atoms with Crippen LogP contribution >= 0.6 is 0 Å². The number of anilines is 2. The van der Waals surface area contributed by atoms with E-state index in [0.29, 0.717) is 47.5 Å². The molecule has 1 aliphatic heterocycles. The fourth-order valence-corrected chi connectivity index (χ4v) is 4.57. The van der Waals surface area contributed by atoms with Crippen LogP contribution in [0.15, 0.2) is 43.1 Å². The molecule has 1 atom stereocenters. The van der Waals surface area contributed by atoms with Crippen LogP contribution in [-0.2, 0) is 11.3 Å². The number of carbonyl (C=O) groups excluding carboxylic acids is 1. The van der Waals surface area contributed by atoms with Crippen molar-refractivity contribution in [1.29, 1.82) is 0 Å². The third-order valence-electron chi connectivity index (χ3n) is 6.41. The van der Waals surface area contributed by atoms with Gasteiger partial charge in [-0.25, -0.2) is 23.7 Å². The molecule has 0 spiro atoms. The molecule has 0 radical (unpaired) electrons. The van der Waals surface area contributed by atoms with Gasteiger partial charge in [-0.3, -0.25) is 9.78 Å². The number of hydrogen-bond acceptors (Lipinski definition) is 8. The number of benzene rings is 1. The number of nitrogens with zero attached hydrogens (tertiary/aromatic N) is 6. The topological polar surface area (TPSA) is 135 Å². The Morgan fingerprint density at radius 2 is 2.03 bits per heavy atom. The summed E-state index contributed by atoms with van der Waals surface area (Å²) in [6.45, 7) is 0.959. The van der Waals surface area contributed by atoms with Crippen LogP contribution in [0.1, 0.15) is 18.4 Å². The molecule has 5 rings (SSSR count). The number of aromatic nitrogens is 5. The Morgan fingerprint density at radius 1 is 1.19 bits per heavy atom. The van der Waals surface area contributed by atoms with Gasteiger partial charge in [0.1, 0.15) is 11.8 Å². The van der Waals surface area contributed by atoms with Crippen molar-refractivity contribution in [2.75, 3.05) is 30.8 Å². The van der Waals surface area contributed by atoms with Gasteiger partial charge >= 0.3 is 0 Å². The van der Waals surface area contributed by atoms with E-state index in [0.717, 1.165) is 17.7 Å². The van der Waals surface area contributed by atoms with E-state index in [1.807, 2.05) is 4.90 Å². The maximum atomic E-state index is 13.9. The Labute approximate surface area is 204 Å². The number of rotatable bonds is 5. The first-order chi connectivity index (χ1) is 17.3. The van der Waals surface area contributed by atoms with Crippen LogP contribution in [0.25, 0.3) is 22.4 Å². The number of hydrogen-bond donors (Lipinski definition) is 3. The van der Waals surface area contributed by atoms with Gasteiger partial charge in [0, 0.05) is 19.2 Å². The molecule has 186 valence electrons. The monoisotopic (exact) mass is 494 g/mol. The molecule has 12 heteroatoms. The van der Waals surface area contributed by atoms with Crippen molar-refractivity contribution >= 4 is 28.6 Å². The second kappa shape index (κ2) is 9.11. The summed E-state index contributed by atoms with van der Waals surface area (Å²) in [6, 6.07) is 5.37. The van der Waals surface area contributed by atoms with Crippen LogP contribution in [-0.4, -0.2) is 61.3 Å². The smallest absolute Gasteiger partial charge is 0.253 e. The number of likely N-dealkylation sites (N-methyl/N-ethyl adjacent to an activating group) is 1. The summed E-state index contributed by atoms with van der Waals surface area (Å²) in [5, 5.41) is 13.5. The molecule has 4 N–H and O–H groups in total. The second-order valence-electron chi connectivity index (χ2n) is 8.77. The molecule has 0 aliphatic carbocycles. The van der Waals surface area contributed by atoms with Gasteiger partial charge in [-0.05, 0) is 42.7 Å². The average Bonchev–Trinajstić information content (AvgIpc) is 3.29. The normalized spacial score (nSPS) is 17.9. The molecule has 1 amide bonds. The maximum Gasteiger partial charge on any atom is 0.253 e. The van der Waals surface area contributed by atoms with E-state index < -0.39 is 23.1 Å². The maximum absolute atomic E-state index is 13.9. The average molecular weight is 495 g/mol.